The van der Waals surface area contributed by atoms with Crippen molar-refractivity contribution in [3.8, 4) is 0 Å². The lowest BCUT2D eigenvalue weighted by molar-refractivity contribution is -0.140. The van der Waals surface area contributed by atoms with Gasteiger partial charge in [0.1, 0.15) is 0 Å². The summed E-state index contributed by atoms with van der Waals surface area (Å²) in [4.78, 5) is 10.9. The van der Waals surface area contributed by atoms with E-state index in [0.717, 1.165) is 25.3 Å². The summed E-state index contributed by atoms with van der Waals surface area (Å²) in [5, 5.41) is 0. The molecule has 0 aromatic heterocycles. The van der Waals surface area contributed by atoms with Crippen molar-refractivity contribution in [1.29, 1.82) is 0 Å². The van der Waals surface area contributed by atoms with Gasteiger partial charge in [0.05, 0.1) is 7.11 Å². The summed E-state index contributed by atoms with van der Waals surface area (Å²) in [5.74, 6) is -0.0932. The van der Waals surface area contributed by atoms with Gasteiger partial charge in [-0.05, 0) is 19.0 Å². The van der Waals surface area contributed by atoms with Crippen molar-refractivity contribution in [1.82, 2.24) is 0 Å². The minimum atomic E-state index is -1.86. The molecule has 18 heavy (non-hydrogen) atoms. The van der Waals surface area contributed by atoms with Crippen LogP contribution in [-0.4, -0.2) is 19.8 Å². The fourth-order valence-electron chi connectivity index (χ4n) is 1.87. The molecule has 0 aliphatic heterocycles. The predicted molar refractivity (Wildman–Crippen MR) is 81.7 cm³/mol. The standard InChI is InChI=1S/C13H26Cl2O2Si/c1-17-13(16)11-9-7-5-3-4-6-8-10-12-18(2,14)15/h3-12H2,1-2H3. The van der Waals surface area contributed by atoms with Crippen LogP contribution in [0.4, 0.5) is 0 Å². The normalized spacial score (nSPS) is 11.6. The van der Waals surface area contributed by atoms with E-state index in [2.05, 4.69) is 4.74 Å². The Hall–Kier alpha value is 0.267. The van der Waals surface area contributed by atoms with Gasteiger partial charge in [-0.15, -0.1) is 22.2 Å². The molecule has 0 aliphatic rings. The Bertz CT molecular complexity index is 218. The van der Waals surface area contributed by atoms with Crippen LogP contribution in [0.3, 0.4) is 0 Å². The highest BCUT2D eigenvalue weighted by Crippen LogP contribution is 2.23. The number of hydrogen-bond acceptors (Lipinski definition) is 2. The molecule has 0 fully saturated rings. The third kappa shape index (κ3) is 14.3. The van der Waals surface area contributed by atoms with E-state index < -0.39 is 6.69 Å². The van der Waals surface area contributed by atoms with Gasteiger partial charge in [-0.1, -0.05) is 44.9 Å². The number of rotatable bonds is 11. The summed E-state index contributed by atoms with van der Waals surface area (Å²) in [7, 11) is 1.44. The highest BCUT2D eigenvalue weighted by atomic mass is 35.7. The second-order valence-corrected chi connectivity index (χ2v) is 13.2. The van der Waals surface area contributed by atoms with Crippen molar-refractivity contribution in [2.45, 2.75) is 70.4 Å². The van der Waals surface area contributed by atoms with Crippen LogP contribution in [0, 0.1) is 0 Å². The van der Waals surface area contributed by atoms with Gasteiger partial charge in [-0.3, -0.25) is 4.79 Å². The van der Waals surface area contributed by atoms with Crippen molar-refractivity contribution >= 4 is 34.8 Å². The first-order chi connectivity index (χ1) is 8.45. The molecule has 0 aromatic rings. The van der Waals surface area contributed by atoms with Crippen LogP contribution < -0.4 is 0 Å². The third-order valence-electron chi connectivity index (χ3n) is 2.97. The zero-order valence-corrected chi connectivity index (χ0v) is 14.2. The number of ether oxygens (including phenoxy) is 1. The fraction of sp³-hybridized carbons (Fsp3) is 0.923. The quantitative estimate of drug-likeness (QED) is 0.226. The van der Waals surface area contributed by atoms with Crippen LogP contribution in [0.25, 0.3) is 0 Å². The van der Waals surface area contributed by atoms with Crippen LogP contribution in [0.5, 0.6) is 0 Å². The molecule has 0 spiro atoms. The van der Waals surface area contributed by atoms with Crippen LogP contribution in [-0.2, 0) is 9.53 Å². The van der Waals surface area contributed by atoms with E-state index in [-0.39, 0.29) is 5.97 Å². The second kappa shape index (κ2) is 11.1. The Labute approximate surface area is 122 Å². The summed E-state index contributed by atoms with van der Waals surface area (Å²) in [6.45, 7) is 0.126. The van der Waals surface area contributed by atoms with Gasteiger partial charge in [0, 0.05) is 6.42 Å². The maximum atomic E-state index is 10.9. The van der Waals surface area contributed by atoms with E-state index in [4.69, 9.17) is 22.2 Å². The molecule has 0 atom stereocenters. The van der Waals surface area contributed by atoms with Crippen molar-refractivity contribution in [3.05, 3.63) is 0 Å². The van der Waals surface area contributed by atoms with E-state index in [9.17, 15) is 4.79 Å². The molecule has 5 heteroatoms. The van der Waals surface area contributed by atoms with Crippen molar-refractivity contribution in [3.63, 3.8) is 0 Å². The van der Waals surface area contributed by atoms with Crippen molar-refractivity contribution in [2.75, 3.05) is 7.11 Å². The van der Waals surface area contributed by atoms with Gasteiger partial charge in [0.15, 0.2) is 0 Å². The largest absolute Gasteiger partial charge is 0.469 e. The maximum Gasteiger partial charge on any atom is 0.305 e. The van der Waals surface area contributed by atoms with E-state index in [1.165, 1.54) is 39.2 Å². The minimum absolute atomic E-state index is 0.0932. The van der Waals surface area contributed by atoms with Crippen LogP contribution in [0.15, 0.2) is 0 Å². The highest BCUT2D eigenvalue weighted by molar-refractivity contribution is 7.44. The lowest BCUT2D eigenvalue weighted by Crippen LogP contribution is -2.11. The molecular weight excluding hydrogens is 287 g/mol. The predicted octanol–water partition coefficient (Wildman–Crippen LogP) is 5.22. The molecular formula is C13H26Cl2O2Si. The third-order valence-corrected chi connectivity index (χ3v) is 5.34. The Morgan fingerprint density at radius 1 is 0.944 bits per heavy atom. The molecule has 0 heterocycles. The van der Waals surface area contributed by atoms with Crippen LogP contribution in [0.1, 0.15) is 57.8 Å². The Morgan fingerprint density at radius 3 is 1.83 bits per heavy atom. The van der Waals surface area contributed by atoms with Crippen LogP contribution >= 0.6 is 22.2 Å². The molecule has 0 saturated carbocycles. The first kappa shape index (κ1) is 18.3. The molecule has 2 nitrogen and oxygen atoms in total. The first-order valence-corrected chi connectivity index (χ1v) is 11.6. The summed E-state index contributed by atoms with van der Waals surface area (Å²) in [5.41, 5.74) is 0. The number of methoxy groups -OCH3 is 1. The number of carbonyl (C=O) groups excluding carboxylic acids is 1. The molecule has 0 aromatic carbocycles. The number of hydrogen-bond donors (Lipinski definition) is 0. The molecule has 0 N–H and O–H groups in total. The maximum absolute atomic E-state index is 10.9. The molecule has 0 bridgehead atoms. The number of halogens is 2. The molecule has 0 aliphatic carbocycles. The molecule has 0 radical (unpaired) electrons. The summed E-state index contributed by atoms with van der Waals surface area (Å²) in [6.07, 6.45) is 10.1. The van der Waals surface area contributed by atoms with Gasteiger partial charge in [0.2, 0.25) is 6.69 Å². The van der Waals surface area contributed by atoms with Gasteiger partial charge < -0.3 is 4.74 Å². The highest BCUT2D eigenvalue weighted by Gasteiger charge is 2.19. The SMILES string of the molecule is COC(=O)CCCCCCCCCC[Si](C)(Cl)Cl. The van der Waals surface area contributed by atoms with Gasteiger partial charge in [0.25, 0.3) is 0 Å². The van der Waals surface area contributed by atoms with E-state index in [0.29, 0.717) is 6.42 Å². The first-order valence-electron chi connectivity index (χ1n) is 6.90. The second-order valence-electron chi connectivity index (χ2n) is 4.97. The van der Waals surface area contributed by atoms with Crippen molar-refractivity contribution in [2.24, 2.45) is 0 Å². The van der Waals surface area contributed by atoms with Gasteiger partial charge >= 0.3 is 5.97 Å². The molecule has 0 rings (SSSR count). The molecule has 0 unspecified atom stereocenters. The Kier molecular flexibility index (Phi) is 11.3. The molecule has 0 saturated heterocycles. The average molecular weight is 313 g/mol. The van der Waals surface area contributed by atoms with Gasteiger partial charge in [-0.2, -0.15) is 0 Å². The summed E-state index contributed by atoms with van der Waals surface area (Å²) in [6, 6.07) is 1.01. The zero-order chi connectivity index (χ0) is 13.9. The van der Waals surface area contributed by atoms with E-state index >= 15 is 0 Å². The topological polar surface area (TPSA) is 26.3 Å². The Morgan fingerprint density at radius 2 is 1.39 bits per heavy atom. The summed E-state index contributed by atoms with van der Waals surface area (Å²) < 4.78 is 4.59. The minimum Gasteiger partial charge on any atom is -0.469 e. The lowest BCUT2D eigenvalue weighted by Gasteiger charge is -2.09. The van der Waals surface area contributed by atoms with E-state index in [1.54, 1.807) is 0 Å². The molecule has 108 valence electrons. The number of esters is 1. The molecule has 0 amide bonds. The average Bonchev–Trinajstić information content (AvgIpc) is 2.29. The zero-order valence-electron chi connectivity index (χ0n) is 11.6. The van der Waals surface area contributed by atoms with E-state index in [1.807, 2.05) is 6.55 Å². The number of unbranched alkanes of at least 4 members (excludes halogenated alkanes) is 7. The smallest absolute Gasteiger partial charge is 0.305 e. The van der Waals surface area contributed by atoms with Crippen LogP contribution in [0.2, 0.25) is 12.6 Å². The summed E-state index contributed by atoms with van der Waals surface area (Å²) >= 11 is 12.1. The monoisotopic (exact) mass is 312 g/mol. The fourth-order valence-corrected chi connectivity index (χ4v) is 3.54. The van der Waals surface area contributed by atoms with Crippen molar-refractivity contribution < 1.29 is 9.53 Å². The Balaban J connectivity index is 3.10. The lowest BCUT2D eigenvalue weighted by atomic mass is 10.1. The number of carbonyl (C=O) groups is 1. The van der Waals surface area contributed by atoms with Gasteiger partial charge in [-0.25, -0.2) is 0 Å².